The van der Waals surface area contributed by atoms with Gasteiger partial charge in [-0.1, -0.05) is 47.5 Å². The highest BCUT2D eigenvalue weighted by Gasteiger charge is 2.39. The van der Waals surface area contributed by atoms with E-state index in [1.807, 2.05) is 25.2 Å². The Morgan fingerprint density at radius 3 is 2.82 bits per heavy atom. The van der Waals surface area contributed by atoms with Crippen LogP contribution in [0.25, 0.3) is 15.7 Å². The van der Waals surface area contributed by atoms with Crippen LogP contribution in [0.3, 0.4) is 0 Å². The van der Waals surface area contributed by atoms with Crippen LogP contribution in [0.5, 0.6) is 0 Å². The van der Waals surface area contributed by atoms with Gasteiger partial charge in [0.1, 0.15) is 5.69 Å². The number of rotatable bonds is 3. The van der Waals surface area contributed by atoms with Crippen molar-refractivity contribution in [2.24, 2.45) is 7.05 Å². The largest absolute Gasteiger partial charge is 0.379 e. The molecule has 1 unspecified atom stereocenters. The minimum atomic E-state index is -0.671. The van der Waals surface area contributed by atoms with Gasteiger partial charge in [0.15, 0.2) is 5.69 Å². The van der Waals surface area contributed by atoms with Gasteiger partial charge in [-0.15, -0.1) is 0 Å². The zero-order valence-electron chi connectivity index (χ0n) is 15.1. The van der Waals surface area contributed by atoms with Gasteiger partial charge in [0.25, 0.3) is 5.91 Å². The molecule has 0 bridgehead atoms. The third-order valence-corrected chi connectivity index (χ3v) is 6.07. The Balaban J connectivity index is 1.74. The first-order valence-corrected chi connectivity index (χ1v) is 9.52. The van der Waals surface area contributed by atoms with Crippen molar-refractivity contribution in [1.29, 1.82) is 0 Å². The van der Waals surface area contributed by atoms with Gasteiger partial charge in [-0.2, -0.15) is 0 Å². The summed E-state index contributed by atoms with van der Waals surface area (Å²) in [5.41, 5.74) is 2.03. The number of aromatic nitrogens is 1. The van der Waals surface area contributed by atoms with Crippen molar-refractivity contribution in [2.45, 2.75) is 12.0 Å². The van der Waals surface area contributed by atoms with E-state index in [-0.39, 0.29) is 5.91 Å². The van der Waals surface area contributed by atoms with Gasteiger partial charge in [-0.05, 0) is 23.8 Å². The number of carbonyl (C=O) groups is 1. The Kier molecular flexibility index (Phi) is 4.80. The van der Waals surface area contributed by atoms with Gasteiger partial charge >= 0.3 is 0 Å². The number of nitrogens with one attached hydrogen (secondary N) is 1. The minimum Gasteiger partial charge on any atom is -0.379 e. The van der Waals surface area contributed by atoms with Crippen molar-refractivity contribution in [3.05, 3.63) is 75.2 Å². The third-order valence-electron chi connectivity index (χ3n) is 5.25. The summed E-state index contributed by atoms with van der Waals surface area (Å²) in [6.45, 7) is 8.16. The van der Waals surface area contributed by atoms with Crippen molar-refractivity contribution >= 4 is 45.7 Å². The van der Waals surface area contributed by atoms with Crippen LogP contribution in [-0.2, 0) is 17.3 Å². The first kappa shape index (κ1) is 18.8. The summed E-state index contributed by atoms with van der Waals surface area (Å²) in [4.78, 5) is 16.7. The van der Waals surface area contributed by atoms with E-state index >= 15 is 0 Å². The average Bonchev–Trinajstić information content (AvgIpc) is 3.31. The molecule has 142 valence electrons. The van der Waals surface area contributed by atoms with Crippen LogP contribution >= 0.6 is 23.2 Å². The molecule has 7 heteroatoms. The van der Waals surface area contributed by atoms with Gasteiger partial charge in [-0.3, -0.25) is 4.79 Å². The second-order valence-electron chi connectivity index (χ2n) is 6.88. The van der Waals surface area contributed by atoms with Crippen LogP contribution in [0, 0.1) is 6.57 Å². The van der Waals surface area contributed by atoms with Crippen molar-refractivity contribution in [1.82, 2.24) is 9.88 Å². The SMILES string of the molecule is [C-]#[N+]c1cccc(C2(NC(=O)c3cc4c(Cl)c(Cl)ccc4n3C)CCOC2)c1. The molecule has 2 heterocycles. The number of nitrogens with zero attached hydrogens (tertiary/aromatic N) is 2. The second-order valence-corrected chi connectivity index (χ2v) is 7.67. The van der Waals surface area contributed by atoms with E-state index in [9.17, 15) is 4.79 Å². The lowest BCUT2D eigenvalue weighted by Crippen LogP contribution is -2.46. The molecule has 4 rings (SSSR count). The molecule has 0 radical (unpaired) electrons. The molecule has 1 aliphatic rings. The van der Waals surface area contributed by atoms with Gasteiger partial charge in [-0.25, -0.2) is 4.85 Å². The monoisotopic (exact) mass is 413 g/mol. The number of amides is 1. The minimum absolute atomic E-state index is 0.232. The van der Waals surface area contributed by atoms with Crippen molar-refractivity contribution in [3.63, 3.8) is 0 Å². The number of hydrogen-bond donors (Lipinski definition) is 1. The molecule has 1 aromatic heterocycles. The normalized spacial score (nSPS) is 18.9. The number of hydrogen-bond acceptors (Lipinski definition) is 2. The van der Waals surface area contributed by atoms with Crippen LogP contribution in [0.1, 0.15) is 22.5 Å². The van der Waals surface area contributed by atoms with Gasteiger partial charge in [0.2, 0.25) is 0 Å². The lowest BCUT2D eigenvalue weighted by molar-refractivity contribution is 0.0868. The number of ether oxygens (including phenoxy) is 1. The number of fused-ring (bicyclic) bond motifs is 1. The quantitative estimate of drug-likeness (QED) is 0.608. The number of carbonyl (C=O) groups excluding carboxylic acids is 1. The molecule has 0 saturated carbocycles. The Morgan fingerprint density at radius 1 is 1.29 bits per heavy atom. The lowest BCUT2D eigenvalue weighted by atomic mass is 9.88. The highest BCUT2D eigenvalue weighted by Crippen LogP contribution is 2.35. The molecule has 5 nitrogen and oxygen atoms in total. The summed E-state index contributed by atoms with van der Waals surface area (Å²) in [7, 11) is 1.82. The molecule has 1 saturated heterocycles. The van der Waals surface area contributed by atoms with E-state index in [0.29, 0.717) is 41.1 Å². The molecule has 1 atom stereocenters. The van der Waals surface area contributed by atoms with E-state index in [0.717, 1.165) is 16.5 Å². The molecule has 2 aromatic carbocycles. The Bertz CT molecular complexity index is 1120. The maximum absolute atomic E-state index is 13.2. The maximum Gasteiger partial charge on any atom is 0.268 e. The summed E-state index contributed by atoms with van der Waals surface area (Å²) in [5.74, 6) is -0.232. The number of benzene rings is 2. The second kappa shape index (κ2) is 7.14. The van der Waals surface area contributed by atoms with Crippen LogP contribution in [0.4, 0.5) is 5.69 Å². The molecule has 1 fully saturated rings. The Hall–Kier alpha value is -2.52. The van der Waals surface area contributed by atoms with Crippen LogP contribution in [0.15, 0.2) is 42.5 Å². The van der Waals surface area contributed by atoms with E-state index in [1.165, 1.54) is 0 Å². The standard InChI is InChI=1S/C21H17Cl2N3O2/c1-24-14-5-3-4-13(10-14)21(8-9-28-12-21)25-20(27)18-11-15-17(26(18)2)7-6-16(22)19(15)23/h3-7,10-11H,8-9,12H2,2H3,(H,25,27). The highest BCUT2D eigenvalue weighted by atomic mass is 35.5. The van der Waals surface area contributed by atoms with Gasteiger partial charge in [0.05, 0.1) is 28.8 Å². The summed E-state index contributed by atoms with van der Waals surface area (Å²) < 4.78 is 7.41. The summed E-state index contributed by atoms with van der Waals surface area (Å²) in [5, 5.41) is 4.75. The molecule has 28 heavy (non-hydrogen) atoms. The molecule has 1 N–H and O–H groups in total. The zero-order valence-corrected chi connectivity index (χ0v) is 16.6. The van der Waals surface area contributed by atoms with E-state index in [4.69, 9.17) is 34.5 Å². The predicted molar refractivity (Wildman–Crippen MR) is 110 cm³/mol. The molecule has 1 aliphatic heterocycles. The lowest BCUT2D eigenvalue weighted by Gasteiger charge is -2.30. The Morgan fingerprint density at radius 2 is 2.11 bits per heavy atom. The predicted octanol–water partition coefficient (Wildman–Crippen LogP) is 5.08. The topological polar surface area (TPSA) is 47.6 Å². The van der Waals surface area contributed by atoms with E-state index in [1.54, 1.807) is 28.8 Å². The Labute approximate surface area is 172 Å². The third kappa shape index (κ3) is 3.04. The van der Waals surface area contributed by atoms with Crippen LogP contribution < -0.4 is 5.32 Å². The molecular weight excluding hydrogens is 397 g/mol. The highest BCUT2D eigenvalue weighted by molar-refractivity contribution is 6.45. The molecular formula is C21H17Cl2N3O2. The molecule has 3 aromatic rings. The van der Waals surface area contributed by atoms with E-state index in [2.05, 4.69) is 10.2 Å². The zero-order chi connectivity index (χ0) is 19.9. The maximum atomic E-state index is 13.2. The molecule has 0 spiro atoms. The van der Waals surface area contributed by atoms with Gasteiger partial charge in [0, 0.05) is 31.0 Å². The fraction of sp³-hybridized carbons (Fsp3) is 0.238. The summed E-state index contributed by atoms with van der Waals surface area (Å²) >= 11 is 12.4. The van der Waals surface area contributed by atoms with Crippen molar-refractivity contribution in [3.8, 4) is 0 Å². The van der Waals surface area contributed by atoms with Gasteiger partial charge < -0.3 is 14.6 Å². The van der Waals surface area contributed by atoms with E-state index < -0.39 is 5.54 Å². The first-order valence-electron chi connectivity index (χ1n) is 8.77. The fourth-order valence-corrected chi connectivity index (χ4v) is 4.06. The molecule has 1 amide bonds. The summed E-state index contributed by atoms with van der Waals surface area (Å²) in [6, 6.07) is 12.6. The fourth-order valence-electron chi connectivity index (χ4n) is 3.68. The smallest absolute Gasteiger partial charge is 0.268 e. The first-order chi connectivity index (χ1) is 13.4. The van der Waals surface area contributed by atoms with Crippen molar-refractivity contribution in [2.75, 3.05) is 13.2 Å². The van der Waals surface area contributed by atoms with Crippen LogP contribution in [0.2, 0.25) is 10.0 Å². The van der Waals surface area contributed by atoms with Crippen molar-refractivity contribution < 1.29 is 9.53 Å². The molecule has 0 aliphatic carbocycles. The van der Waals surface area contributed by atoms with Crippen LogP contribution in [-0.4, -0.2) is 23.7 Å². The number of halogens is 2. The summed E-state index contributed by atoms with van der Waals surface area (Å²) in [6.07, 6.45) is 0.636. The number of aryl methyl sites for hydroxylation is 1. The average molecular weight is 414 g/mol.